The van der Waals surface area contributed by atoms with Gasteiger partial charge in [0.25, 0.3) is 0 Å². The maximum absolute atomic E-state index is 5.56. The summed E-state index contributed by atoms with van der Waals surface area (Å²) < 4.78 is 5.56. The van der Waals surface area contributed by atoms with Gasteiger partial charge in [-0.2, -0.15) is 5.48 Å². The molecule has 3 nitrogen and oxygen atoms in total. The van der Waals surface area contributed by atoms with E-state index >= 15 is 0 Å². The van der Waals surface area contributed by atoms with Crippen LogP contribution in [0, 0.1) is 0 Å². The molecule has 0 fully saturated rings. The minimum absolute atomic E-state index is 0.553. The van der Waals surface area contributed by atoms with E-state index in [1.165, 1.54) is 0 Å². The van der Waals surface area contributed by atoms with Crippen molar-refractivity contribution in [3.63, 3.8) is 0 Å². The fourth-order valence-corrected chi connectivity index (χ4v) is 1.78. The smallest absolute Gasteiger partial charge is 0.123 e. The van der Waals surface area contributed by atoms with Crippen molar-refractivity contribution in [2.75, 3.05) is 6.61 Å². The molecule has 0 amide bonds. The summed E-state index contributed by atoms with van der Waals surface area (Å²) in [6.45, 7) is 3.83. The number of rotatable bonds is 7. The SMILES string of the molecule is CCOc1ccccc1CNOCc1ccccc1. The molecule has 0 saturated carbocycles. The number of hydroxylamine groups is 1. The van der Waals surface area contributed by atoms with Crippen LogP contribution in [0.1, 0.15) is 18.1 Å². The molecular weight excluding hydrogens is 238 g/mol. The average molecular weight is 257 g/mol. The normalized spacial score (nSPS) is 10.4. The first-order chi connectivity index (χ1) is 9.40. The molecule has 2 rings (SSSR count). The third-order valence-corrected chi connectivity index (χ3v) is 2.72. The molecule has 0 aliphatic rings. The van der Waals surface area contributed by atoms with Crippen LogP contribution >= 0.6 is 0 Å². The van der Waals surface area contributed by atoms with E-state index in [0.717, 1.165) is 16.9 Å². The summed E-state index contributed by atoms with van der Waals surface area (Å²) in [5, 5.41) is 0. The van der Waals surface area contributed by atoms with E-state index in [1.54, 1.807) is 0 Å². The van der Waals surface area contributed by atoms with Crippen LogP contribution in [-0.4, -0.2) is 6.61 Å². The van der Waals surface area contributed by atoms with E-state index in [4.69, 9.17) is 9.57 Å². The monoisotopic (exact) mass is 257 g/mol. The Morgan fingerprint density at radius 2 is 1.68 bits per heavy atom. The van der Waals surface area contributed by atoms with Gasteiger partial charge in [-0.25, -0.2) is 0 Å². The van der Waals surface area contributed by atoms with Gasteiger partial charge in [-0.1, -0.05) is 48.5 Å². The van der Waals surface area contributed by atoms with Gasteiger partial charge in [0, 0.05) is 12.1 Å². The lowest BCUT2D eigenvalue weighted by Crippen LogP contribution is -2.14. The Labute approximate surface area is 114 Å². The Hall–Kier alpha value is -1.84. The maximum Gasteiger partial charge on any atom is 0.123 e. The molecule has 0 aliphatic heterocycles. The third kappa shape index (κ3) is 4.39. The van der Waals surface area contributed by atoms with Gasteiger partial charge in [-0.05, 0) is 18.6 Å². The molecule has 0 bridgehead atoms. The zero-order valence-electron chi connectivity index (χ0n) is 11.1. The fourth-order valence-electron chi connectivity index (χ4n) is 1.78. The first-order valence-electron chi connectivity index (χ1n) is 6.49. The molecule has 19 heavy (non-hydrogen) atoms. The van der Waals surface area contributed by atoms with Crippen molar-refractivity contribution in [2.24, 2.45) is 0 Å². The van der Waals surface area contributed by atoms with Crippen LogP contribution in [0.5, 0.6) is 5.75 Å². The van der Waals surface area contributed by atoms with Crippen molar-refractivity contribution in [3.05, 3.63) is 65.7 Å². The van der Waals surface area contributed by atoms with Crippen LogP contribution < -0.4 is 10.2 Å². The van der Waals surface area contributed by atoms with Crippen molar-refractivity contribution in [3.8, 4) is 5.75 Å². The van der Waals surface area contributed by atoms with E-state index in [-0.39, 0.29) is 0 Å². The van der Waals surface area contributed by atoms with Crippen molar-refractivity contribution >= 4 is 0 Å². The van der Waals surface area contributed by atoms with Crippen molar-refractivity contribution in [2.45, 2.75) is 20.1 Å². The van der Waals surface area contributed by atoms with Gasteiger partial charge >= 0.3 is 0 Å². The van der Waals surface area contributed by atoms with Gasteiger partial charge in [0.05, 0.1) is 13.2 Å². The molecule has 0 saturated heterocycles. The number of ether oxygens (including phenoxy) is 1. The number of nitrogens with one attached hydrogen (secondary N) is 1. The second kappa shape index (κ2) is 7.56. The predicted molar refractivity (Wildman–Crippen MR) is 75.7 cm³/mol. The number of benzene rings is 2. The molecule has 0 aromatic heterocycles. The minimum atomic E-state index is 0.553. The minimum Gasteiger partial charge on any atom is -0.494 e. The third-order valence-electron chi connectivity index (χ3n) is 2.72. The lowest BCUT2D eigenvalue weighted by atomic mass is 10.2. The molecule has 2 aromatic carbocycles. The fraction of sp³-hybridized carbons (Fsp3) is 0.250. The molecular formula is C16H19NO2. The lowest BCUT2D eigenvalue weighted by Gasteiger charge is -2.11. The highest BCUT2D eigenvalue weighted by molar-refractivity contribution is 5.32. The summed E-state index contributed by atoms with van der Waals surface area (Å²) >= 11 is 0. The molecule has 0 atom stereocenters. The van der Waals surface area contributed by atoms with Crippen LogP contribution in [0.15, 0.2) is 54.6 Å². The summed E-state index contributed by atoms with van der Waals surface area (Å²) in [6, 6.07) is 18.0. The van der Waals surface area contributed by atoms with E-state index in [0.29, 0.717) is 19.8 Å². The molecule has 1 N–H and O–H groups in total. The summed E-state index contributed by atoms with van der Waals surface area (Å²) in [7, 11) is 0. The topological polar surface area (TPSA) is 30.5 Å². The van der Waals surface area contributed by atoms with Gasteiger partial charge < -0.3 is 4.74 Å². The molecule has 100 valence electrons. The molecule has 0 heterocycles. The summed E-state index contributed by atoms with van der Waals surface area (Å²) in [5.41, 5.74) is 5.21. The van der Waals surface area contributed by atoms with Crippen molar-refractivity contribution in [1.29, 1.82) is 0 Å². The van der Waals surface area contributed by atoms with Crippen molar-refractivity contribution < 1.29 is 9.57 Å². The van der Waals surface area contributed by atoms with E-state index < -0.39 is 0 Å². The second-order valence-corrected chi connectivity index (χ2v) is 4.14. The Morgan fingerprint density at radius 1 is 0.947 bits per heavy atom. The summed E-state index contributed by atoms with van der Waals surface area (Å²) in [5.74, 6) is 0.904. The van der Waals surface area contributed by atoms with Gasteiger partial charge in [0.15, 0.2) is 0 Å². The molecule has 0 radical (unpaired) electrons. The average Bonchev–Trinajstić information content (AvgIpc) is 2.47. The Morgan fingerprint density at radius 3 is 2.47 bits per heavy atom. The predicted octanol–water partition coefficient (Wildman–Crippen LogP) is 3.31. The zero-order valence-corrected chi connectivity index (χ0v) is 11.1. The highest BCUT2D eigenvalue weighted by Gasteiger charge is 2.01. The Balaban J connectivity index is 1.79. The second-order valence-electron chi connectivity index (χ2n) is 4.14. The van der Waals surface area contributed by atoms with Gasteiger partial charge in [0.2, 0.25) is 0 Å². The largest absolute Gasteiger partial charge is 0.494 e. The first-order valence-corrected chi connectivity index (χ1v) is 6.49. The molecule has 0 unspecified atom stereocenters. The zero-order chi connectivity index (χ0) is 13.3. The van der Waals surface area contributed by atoms with Gasteiger partial charge in [-0.3, -0.25) is 4.84 Å². The first kappa shape index (κ1) is 13.6. The highest BCUT2D eigenvalue weighted by atomic mass is 16.6. The maximum atomic E-state index is 5.56. The van der Waals surface area contributed by atoms with Crippen molar-refractivity contribution in [1.82, 2.24) is 5.48 Å². The van der Waals surface area contributed by atoms with Crippen LogP contribution in [-0.2, 0) is 18.0 Å². The number of hydrogen-bond acceptors (Lipinski definition) is 3. The molecule has 0 aliphatic carbocycles. The van der Waals surface area contributed by atoms with Crippen LogP contribution in [0.3, 0.4) is 0 Å². The van der Waals surface area contributed by atoms with E-state index in [9.17, 15) is 0 Å². The standard InChI is InChI=1S/C16H19NO2/c1-2-18-16-11-7-6-10-15(16)12-17-19-13-14-8-4-3-5-9-14/h3-11,17H,2,12-13H2,1H3. The Bertz CT molecular complexity index is 485. The highest BCUT2D eigenvalue weighted by Crippen LogP contribution is 2.17. The van der Waals surface area contributed by atoms with E-state index in [1.807, 2.05) is 61.5 Å². The van der Waals surface area contributed by atoms with E-state index in [2.05, 4.69) is 5.48 Å². The lowest BCUT2D eigenvalue weighted by molar-refractivity contribution is 0.0231. The van der Waals surface area contributed by atoms with Gasteiger partial charge in [0.1, 0.15) is 5.75 Å². The van der Waals surface area contributed by atoms with Crippen LogP contribution in [0.4, 0.5) is 0 Å². The van der Waals surface area contributed by atoms with Gasteiger partial charge in [-0.15, -0.1) is 0 Å². The molecule has 2 aromatic rings. The summed E-state index contributed by atoms with van der Waals surface area (Å²) in [4.78, 5) is 5.45. The van der Waals surface area contributed by atoms with Crippen LogP contribution in [0.25, 0.3) is 0 Å². The summed E-state index contributed by atoms with van der Waals surface area (Å²) in [6.07, 6.45) is 0. The Kier molecular flexibility index (Phi) is 5.41. The molecule has 3 heteroatoms. The van der Waals surface area contributed by atoms with Crippen LogP contribution in [0.2, 0.25) is 0 Å². The quantitative estimate of drug-likeness (QED) is 0.610. The number of hydrogen-bond donors (Lipinski definition) is 1. The number of para-hydroxylation sites is 1. The molecule has 0 spiro atoms.